The Hall–Kier alpha value is 0.0900. The van der Waals surface area contributed by atoms with Crippen molar-refractivity contribution in [1.82, 2.24) is 0 Å². The molecule has 1 aromatic rings. The molecule has 1 aromatic carbocycles. The maximum Gasteiger partial charge on any atom is 0.216 e. The van der Waals surface area contributed by atoms with E-state index in [-0.39, 0.29) is 0 Å². The van der Waals surface area contributed by atoms with E-state index < -0.39 is 3.79 Å². The number of rotatable bonds is 0. The van der Waals surface area contributed by atoms with Crippen LogP contribution in [0.1, 0.15) is 16.7 Å². The van der Waals surface area contributed by atoms with E-state index in [1.165, 1.54) is 5.56 Å². The van der Waals surface area contributed by atoms with Gasteiger partial charge in [0.15, 0.2) is 0 Å². The minimum atomic E-state index is -1.31. The number of aryl methyl sites for hydroxylation is 2. The first-order valence-corrected chi connectivity index (χ1v) is 4.69. The highest BCUT2D eigenvalue weighted by Crippen LogP contribution is 2.39. The Bertz CT molecular complexity index is 286. The Morgan fingerprint density at radius 2 is 1.67 bits per heavy atom. The van der Waals surface area contributed by atoms with Crippen LogP contribution in [0.15, 0.2) is 18.2 Å². The van der Waals surface area contributed by atoms with Gasteiger partial charge in [-0.05, 0) is 19.4 Å². The molecule has 0 fully saturated rings. The summed E-state index contributed by atoms with van der Waals surface area (Å²) in [6, 6.07) is 5.78. The summed E-state index contributed by atoms with van der Waals surface area (Å²) in [6.07, 6.45) is 0. The topological polar surface area (TPSA) is 0 Å². The first-order valence-electron chi connectivity index (χ1n) is 3.55. The summed E-state index contributed by atoms with van der Waals surface area (Å²) >= 11 is 17.2. The number of alkyl halides is 3. The van der Waals surface area contributed by atoms with E-state index in [9.17, 15) is 0 Å². The monoisotopic (exact) mass is 222 g/mol. The Balaban J connectivity index is 3.19. The molecule has 0 unspecified atom stereocenters. The summed E-state index contributed by atoms with van der Waals surface area (Å²) in [6.45, 7) is 3.94. The van der Waals surface area contributed by atoms with E-state index in [4.69, 9.17) is 34.8 Å². The van der Waals surface area contributed by atoms with Gasteiger partial charge >= 0.3 is 0 Å². The molecule has 0 bridgehead atoms. The molecular weight excluding hydrogens is 214 g/mol. The van der Waals surface area contributed by atoms with Gasteiger partial charge in [0.1, 0.15) is 0 Å². The third kappa shape index (κ3) is 2.29. The Morgan fingerprint density at radius 3 is 2.08 bits per heavy atom. The van der Waals surface area contributed by atoms with E-state index in [1.807, 2.05) is 32.0 Å². The summed E-state index contributed by atoms with van der Waals surface area (Å²) in [4.78, 5) is 0. The normalized spacial score (nSPS) is 11.8. The zero-order valence-electron chi connectivity index (χ0n) is 6.87. The predicted molar refractivity (Wildman–Crippen MR) is 55.2 cm³/mol. The average molecular weight is 224 g/mol. The van der Waals surface area contributed by atoms with Crippen molar-refractivity contribution in [3.05, 3.63) is 34.9 Å². The fourth-order valence-corrected chi connectivity index (χ4v) is 1.77. The highest BCUT2D eigenvalue weighted by Gasteiger charge is 2.24. The van der Waals surface area contributed by atoms with Gasteiger partial charge in [0.2, 0.25) is 3.79 Å². The maximum atomic E-state index is 5.75. The first-order chi connectivity index (χ1) is 5.41. The number of halogens is 3. The third-order valence-electron chi connectivity index (χ3n) is 1.69. The van der Waals surface area contributed by atoms with Crippen LogP contribution < -0.4 is 0 Å². The molecule has 0 aliphatic heterocycles. The van der Waals surface area contributed by atoms with Crippen molar-refractivity contribution >= 4 is 34.8 Å². The van der Waals surface area contributed by atoms with E-state index in [0.717, 1.165) is 11.1 Å². The number of benzene rings is 1. The van der Waals surface area contributed by atoms with Crippen LogP contribution in [0.3, 0.4) is 0 Å². The van der Waals surface area contributed by atoms with Gasteiger partial charge in [-0.2, -0.15) is 0 Å². The molecule has 0 atom stereocenters. The first kappa shape index (κ1) is 10.2. The second kappa shape index (κ2) is 3.45. The van der Waals surface area contributed by atoms with Crippen LogP contribution in [0.2, 0.25) is 0 Å². The van der Waals surface area contributed by atoms with Crippen molar-refractivity contribution in [1.29, 1.82) is 0 Å². The minimum Gasteiger partial charge on any atom is -0.0784 e. The van der Waals surface area contributed by atoms with E-state index >= 15 is 0 Å². The Labute approximate surface area is 87.4 Å². The summed E-state index contributed by atoms with van der Waals surface area (Å²) in [5, 5.41) is 0. The molecule has 66 valence electrons. The third-order valence-corrected chi connectivity index (χ3v) is 2.30. The van der Waals surface area contributed by atoms with Crippen LogP contribution in [0.5, 0.6) is 0 Å². The van der Waals surface area contributed by atoms with E-state index in [0.29, 0.717) is 0 Å². The summed E-state index contributed by atoms with van der Waals surface area (Å²) in [7, 11) is 0. The van der Waals surface area contributed by atoms with Crippen molar-refractivity contribution < 1.29 is 0 Å². The summed E-state index contributed by atoms with van der Waals surface area (Å²) in [5.41, 5.74) is 2.93. The summed E-state index contributed by atoms with van der Waals surface area (Å²) < 4.78 is -1.31. The average Bonchev–Trinajstić information content (AvgIpc) is 1.83. The lowest BCUT2D eigenvalue weighted by Crippen LogP contribution is -2.02. The predicted octanol–water partition coefficient (Wildman–Crippen LogP) is 4.13. The van der Waals surface area contributed by atoms with Gasteiger partial charge in [-0.15, -0.1) is 0 Å². The van der Waals surface area contributed by atoms with Gasteiger partial charge in [-0.1, -0.05) is 58.6 Å². The van der Waals surface area contributed by atoms with Gasteiger partial charge in [0, 0.05) is 5.56 Å². The largest absolute Gasteiger partial charge is 0.216 e. The zero-order valence-corrected chi connectivity index (χ0v) is 9.13. The number of hydrogen-bond donors (Lipinski definition) is 0. The minimum absolute atomic E-state index is 0.748. The maximum absolute atomic E-state index is 5.75. The quantitative estimate of drug-likeness (QED) is 0.580. The molecular formula is C9H9Cl3. The molecule has 0 aliphatic rings. The molecule has 0 saturated heterocycles. The molecule has 3 heteroatoms. The van der Waals surface area contributed by atoms with Crippen molar-refractivity contribution in [3.63, 3.8) is 0 Å². The van der Waals surface area contributed by atoms with Crippen LogP contribution in [-0.2, 0) is 3.79 Å². The molecule has 0 nitrogen and oxygen atoms in total. The van der Waals surface area contributed by atoms with Crippen LogP contribution in [0.4, 0.5) is 0 Å². The second-order valence-electron chi connectivity index (χ2n) is 2.82. The Morgan fingerprint density at radius 1 is 1.08 bits per heavy atom. The highest BCUT2D eigenvalue weighted by atomic mass is 35.6. The molecule has 12 heavy (non-hydrogen) atoms. The molecule has 0 aliphatic carbocycles. The highest BCUT2D eigenvalue weighted by molar-refractivity contribution is 6.66. The fourth-order valence-electron chi connectivity index (χ4n) is 1.13. The van der Waals surface area contributed by atoms with Crippen molar-refractivity contribution in [3.8, 4) is 0 Å². The molecule has 0 heterocycles. The number of hydrogen-bond acceptors (Lipinski definition) is 0. The molecule has 0 N–H and O–H groups in total. The van der Waals surface area contributed by atoms with E-state index in [2.05, 4.69) is 0 Å². The van der Waals surface area contributed by atoms with Crippen molar-refractivity contribution in [2.24, 2.45) is 0 Å². The van der Waals surface area contributed by atoms with Crippen LogP contribution in [0, 0.1) is 13.8 Å². The molecule has 1 rings (SSSR count). The molecule has 0 spiro atoms. The summed E-state index contributed by atoms with van der Waals surface area (Å²) in [5.74, 6) is 0. The lowest BCUT2D eigenvalue weighted by atomic mass is 10.1. The van der Waals surface area contributed by atoms with Crippen molar-refractivity contribution in [2.75, 3.05) is 0 Å². The van der Waals surface area contributed by atoms with Crippen LogP contribution in [0.25, 0.3) is 0 Å². The van der Waals surface area contributed by atoms with Gasteiger partial charge in [-0.25, -0.2) is 0 Å². The molecule has 0 amide bonds. The lowest BCUT2D eigenvalue weighted by Gasteiger charge is -2.14. The van der Waals surface area contributed by atoms with Crippen LogP contribution in [-0.4, -0.2) is 0 Å². The smallest absolute Gasteiger partial charge is 0.0784 e. The Kier molecular flexibility index (Phi) is 2.92. The molecule has 0 radical (unpaired) electrons. The second-order valence-corrected chi connectivity index (χ2v) is 5.10. The van der Waals surface area contributed by atoms with E-state index in [1.54, 1.807) is 0 Å². The van der Waals surface area contributed by atoms with Gasteiger partial charge in [0.05, 0.1) is 0 Å². The van der Waals surface area contributed by atoms with Crippen molar-refractivity contribution in [2.45, 2.75) is 17.6 Å². The molecule has 0 aromatic heterocycles. The zero-order chi connectivity index (χ0) is 9.35. The fraction of sp³-hybridized carbons (Fsp3) is 0.333. The van der Waals surface area contributed by atoms with Gasteiger partial charge in [0.25, 0.3) is 0 Å². The van der Waals surface area contributed by atoms with Crippen LogP contribution >= 0.6 is 34.8 Å². The lowest BCUT2D eigenvalue weighted by molar-refractivity contribution is 1.17. The van der Waals surface area contributed by atoms with Gasteiger partial charge in [-0.3, -0.25) is 0 Å². The SMILES string of the molecule is Cc1ccc(C(Cl)(Cl)Cl)c(C)c1. The standard InChI is InChI=1S/C9H9Cl3/c1-6-3-4-8(7(2)5-6)9(10,11)12/h3-5H,1-2H3. The van der Waals surface area contributed by atoms with Gasteiger partial charge < -0.3 is 0 Å². The molecule has 0 saturated carbocycles.